The van der Waals surface area contributed by atoms with Crippen LogP contribution in [0.15, 0.2) is 24.3 Å². The highest BCUT2D eigenvalue weighted by Crippen LogP contribution is 2.17. The molecule has 0 unspecified atom stereocenters. The van der Waals surface area contributed by atoms with Crippen molar-refractivity contribution in [1.29, 1.82) is 0 Å². The predicted octanol–water partition coefficient (Wildman–Crippen LogP) is 0.369. The summed E-state index contributed by atoms with van der Waals surface area (Å²) in [5.41, 5.74) is 5.65. The van der Waals surface area contributed by atoms with E-state index in [9.17, 15) is 14.4 Å². The molecule has 0 spiro atoms. The van der Waals surface area contributed by atoms with Gasteiger partial charge in [0.25, 0.3) is 5.91 Å². The zero-order valence-corrected chi connectivity index (χ0v) is 15.2. The lowest BCUT2D eigenvalue weighted by Gasteiger charge is -2.18. The molecule has 0 aromatic heterocycles. The molecule has 1 rings (SSSR count). The Morgan fingerprint density at radius 3 is 2.44 bits per heavy atom. The van der Waals surface area contributed by atoms with Crippen LogP contribution in [-0.4, -0.2) is 55.4 Å². The van der Waals surface area contributed by atoms with Gasteiger partial charge in [0.1, 0.15) is 5.75 Å². The molecule has 1 aromatic rings. The van der Waals surface area contributed by atoms with Gasteiger partial charge in [0.05, 0.1) is 13.1 Å². The first-order chi connectivity index (χ1) is 11.5. The van der Waals surface area contributed by atoms with Crippen molar-refractivity contribution < 1.29 is 19.1 Å². The number of carbonyl (C=O) groups is 3. The number of amides is 3. The van der Waals surface area contributed by atoms with Crippen molar-refractivity contribution >= 4 is 35.8 Å². The number of nitrogens with zero attached hydrogens (tertiary/aromatic N) is 1. The average Bonchev–Trinajstić information content (AvgIpc) is 2.59. The second kappa shape index (κ2) is 12.1. The Labute approximate surface area is 153 Å². The number of benzene rings is 1. The molecule has 0 aliphatic carbocycles. The van der Waals surface area contributed by atoms with E-state index in [1.165, 1.54) is 0 Å². The summed E-state index contributed by atoms with van der Waals surface area (Å²) >= 11 is 0. The average molecular weight is 373 g/mol. The van der Waals surface area contributed by atoms with Crippen molar-refractivity contribution in [3.05, 3.63) is 24.3 Å². The Morgan fingerprint density at radius 1 is 1.16 bits per heavy atom. The van der Waals surface area contributed by atoms with E-state index in [-0.39, 0.29) is 43.9 Å². The highest BCUT2D eigenvalue weighted by molar-refractivity contribution is 5.94. The van der Waals surface area contributed by atoms with E-state index in [4.69, 9.17) is 10.5 Å². The van der Waals surface area contributed by atoms with E-state index in [1.54, 1.807) is 29.2 Å². The molecule has 0 saturated carbocycles. The summed E-state index contributed by atoms with van der Waals surface area (Å²) in [6, 6.07) is 6.69. The van der Waals surface area contributed by atoms with E-state index < -0.39 is 5.91 Å². The summed E-state index contributed by atoms with van der Waals surface area (Å²) in [5.74, 6) is -0.413. The van der Waals surface area contributed by atoms with Gasteiger partial charge < -0.3 is 26.0 Å². The van der Waals surface area contributed by atoms with Gasteiger partial charge in [-0.2, -0.15) is 0 Å². The molecule has 9 heteroatoms. The molecule has 0 atom stereocenters. The van der Waals surface area contributed by atoms with E-state index in [2.05, 4.69) is 10.6 Å². The largest absolute Gasteiger partial charge is 0.484 e. The fourth-order valence-corrected chi connectivity index (χ4v) is 1.93. The van der Waals surface area contributed by atoms with Crippen LogP contribution in [-0.2, 0) is 14.4 Å². The number of halogens is 1. The molecule has 0 fully saturated rings. The van der Waals surface area contributed by atoms with Crippen LogP contribution in [0.5, 0.6) is 5.75 Å². The number of hydrogen-bond acceptors (Lipinski definition) is 5. The molecule has 1 aromatic carbocycles. The zero-order valence-electron chi connectivity index (χ0n) is 14.4. The topological polar surface area (TPSA) is 114 Å². The maximum Gasteiger partial charge on any atom is 0.260 e. The number of anilines is 1. The van der Waals surface area contributed by atoms with Crippen LogP contribution in [0.1, 0.15) is 13.8 Å². The van der Waals surface area contributed by atoms with Gasteiger partial charge in [0.15, 0.2) is 6.61 Å². The van der Waals surface area contributed by atoms with Gasteiger partial charge in [-0.15, -0.1) is 12.4 Å². The van der Waals surface area contributed by atoms with E-state index >= 15 is 0 Å². The number of likely N-dealkylation sites (N-methyl/N-ethyl adjacent to an activating group) is 1. The summed E-state index contributed by atoms with van der Waals surface area (Å²) in [6.07, 6.45) is 0. The third kappa shape index (κ3) is 8.37. The molecule has 0 bridgehead atoms. The van der Waals surface area contributed by atoms with Gasteiger partial charge in [-0.1, -0.05) is 6.07 Å². The number of nitrogens with one attached hydrogen (secondary N) is 2. The lowest BCUT2D eigenvalue weighted by atomic mass is 10.3. The minimum absolute atomic E-state index is 0. The summed E-state index contributed by atoms with van der Waals surface area (Å²) in [4.78, 5) is 36.3. The normalized spacial score (nSPS) is 9.56. The summed E-state index contributed by atoms with van der Waals surface area (Å²) in [7, 11) is 0. The van der Waals surface area contributed by atoms with Crippen LogP contribution in [0.3, 0.4) is 0 Å². The van der Waals surface area contributed by atoms with E-state index in [1.807, 2.05) is 13.8 Å². The standard InChI is InChI=1S/C16H24N4O4.ClH/c1-3-20(4-2)16(23)11-24-13-7-5-6-12(8-13)19-15(22)10-18-14(21)9-17;/h5-8H,3-4,9-11,17H2,1-2H3,(H,18,21)(H,19,22);1H. The number of hydrogen-bond donors (Lipinski definition) is 3. The van der Waals surface area contributed by atoms with Crippen molar-refractivity contribution in [2.75, 3.05) is 38.1 Å². The molecule has 8 nitrogen and oxygen atoms in total. The van der Waals surface area contributed by atoms with Gasteiger partial charge in [-0.05, 0) is 26.0 Å². The molecule has 0 aliphatic heterocycles. The van der Waals surface area contributed by atoms with Crippen molar-refractivity contribution in [3.8, 4) is 5.75 Å². The molecule has 3 amide bonds. The highest BCUT2D eigenvalue weighted by atomic mass is 35.5. The second-order valence-electron chi connectivity index (χ2n) is 4.91. The van der Waals surface area contributed by atoms with Crippen molar-refractivity contribution in [2.24, 2.45) is 5.73 Å². The number of ether oxygens (including phenoxy) is 1. The molecule has 0 aliphatic rings. The summed E-state index contributed by atoms with van der Waals surface area (Å²) in [5, 5.41) is 5.00. The maximum atomic E-state index is 11.9. The third-order valence-electron chi connectivity index (χ3n) is 3.23. The Balaban J connectivity index is 0.00000576. The Kier molecular flexibility index (Phi) is 11.0. The first kappa shape index (κ1) is 22.7. The number of carbonyl (C=O) groups excluding carboxylic acids is 3. The van der Waals surface area contributed by atoms with Crippen LogP contribution in [0.25, 0.3) is 0 Å². The maximum absolute atomic E-state index is 11.9. The van der Waals surface area contributed by atoms with E-state index in [0.717, 1.165) is 0 Å². The second-order valence-corrected chi connectivity index (χ2v) is 4.91. The van der Waals surface area contributed by atoms with Crippen molar-refractivity contribution in [2.45, 2.75) is 13.8 Å². The first-order valence-corrected chi connectivity index (χ1v) is 7.77. The predicted molar refractivity (Wildman–Crippen MR) is 97.8 cm³/mol. The minimum Gasteiger partial charge on any atom is -0.484 e. The monoisotopic (exact) mass is 372 g/mol. The van der Waals surface area contributed by atoms with Crippen LogP contribution in [0, 0.1) is 0 Å². The molecule has 4 N–H and O–H groups in total. The Hall–Kier alpha value is -2.32. The fourth-order valence-electron chi connectivity index (χ4n) is 1.93. The number of rotatable bonds is 9. The molecule has 0 saturated heterocycles. The van der Waals surface area contributed by atoms with Gasteiger partial charge in [-0.3, -0.25) is 14.4 Å². The smallest absolute Gasteiger partial charge is 0.260 e. The van der Waals surface area contributed by atoms with Gasteiger partial charge in [-0.25, -0.2) is 0 Å². The SMILES string of the molecule is CCN(CC)C(=O)COc1cccc(NC(=O)CNC(=O)CN)c1.Cl. The zero-order chi connectivity index (χ0) is 17.9. The van der Waals surface area contributed by atoms with Crippen LogP contribution in [0.4, 0.5) is 5.69 Å². The Bertz CT molecular complexity index is 579. The molecular formula is C16H25ClN4O4. The minimum atomic E-state index is -0.405. The number of nitrogens with two attached hydrogens (primary N) is 1. The highest BCUT2D eigenvalue weighted by Gasteiger charge is 2.10. The lowest BCUT2D eigenvalue weighted by molar-refractivity contribution is -0.133. The molecule has 0 radical (unpaired) electrons. The quantitative estimate of drug-likeness (QED) is 0.579. The van der Waals surface area contributed by atoms with Crippen LogP contribution >= 0.6 is 12.4 Å². The Morgan fingerprint density at radius 2 is 1.84 bits per heavy atom. The van der Waals surface area contributed by atoms with Gasteiger partial charge in [0.2, 0.25) is 11.8 Å². The third-order valence-corrected chi connectivity index (χ3v) is 3.23. The molecule has 25 heavy (non-hydrogen) atoms. The lowest BCUT2D eigenvalue weighted by Crippen LogP contribution is -2.36. The van der Waals surface area contributed by atoms with Crippen molar-refractivity contribution in [3.63, 3.8) is 0 Å². The van der Waals surface area contributed by atoms with Crippen LogP contribution < -0.4 is 21.1 Å². The molecule has 140 valence electrons. The van der Waals surface area contributed by atoms with E-state index in [0.29, 0.717) is 24.5 Å². The first-order valence-electron chi connectivity index (χ1n) is 7.77. The van der Waals surface area contributed by atoms with Crippen LogP contribution in [0.2, 0.25) is 0 Å². The fraction of sp³-hybridized carbons (Fsp3) is 0.438. The molecule has 0 heterocycles. The molecular weight excluding hydrogens is 348 g/mol. The van der Waals surface area contributed by atoms with Gasteiger partial charge >= 0.3 is 0 Å². The summed E-state index contributed by atoms with van der Waals surface area (Å²) < 4.78 is 5.46. The van der Waals surface area contributed by atoms with Crippen molar-refractivity contribution in [1.82, 2.24) is 10.2 Å². The summed E-state index contributed by atoms with van der Waals surface area (Å²) in [6.45, 7) is 4.67. The van der Waals surface area contributed by atoms with Gasteiger partial charge in [0, 0.05) is 24.8 Å².